The predicted octanol–water partition coefficient (Wildman–Crippen LogP) is 5.23. The Hall–Kier alpha value is -2.33. The van der Waals surface area contributed by atoms with E-state index >= 15 is 0 Å². The molecule has 0 spiro atoms. The van der Waals surface area contributed by atoms with Crippen molar-refractivity contribution in [3.05, 3.63) is 57.1 Å². The van der Waals surface area contributed by atoms with Gasteiger partial charge in [-0.25, -0.2) is 0 Å². The summed E-state index contributed by atoms with van der Waals surface area (Å²) in [5.74, 6) is -0.608. The number of benzene rings is 2. The highest BCUT2D eigenvalue weighted by Gasteiger charge is 2.31. The van der Waals surface area contributed by atoms with Crippen molar-refractivity contribution in [1.29, 1.82) is 0 Å². The Kier molecular flexibility index (Phi) is 6.56. The summed E-state index contributed by atoms with van der Waals surface area (Å²) in [5.41, 5.74) is -1.50. The maximum absolute atomic E-state index is 12.7. The molecule has 28 heavy (non-hydrogen) atoms. The van der Waals surface area contributed by atoms with E-state index in [1.807, 2.05) is 0 Å². The minimum Gasteiger partial charge on any atom is -0.474 e. The van der Waals surface area contributed by atoms with Crippen LogP contribution < -0.4 is 9.47 Å². The number of nitro groups is 1. The van der Waals surface area contributed by atoms with Gasteiger partial charge in [-0.15, -0.1) is 0 Å². The van der Waals surface area contributed by atoms with E-state index < -0.39 is 42.0 Å². The van der Waals surface area contributed by atoms with Crippen LogP contribution in [0, 0.1) is 10.1 Å². The molecule has 0 aliphatic carbocycles. The van der Waals surface area contributed by atoms with Gasteiger partial charge in [0.05, 0.1) is 15.5 Å². The van der Waals surface area contributed by atoms with Gasteiger partial charge in [0.25, 0.3) is 0 Å². The van der Waals surface area contributed by atoms with Crippen LogP contribution in [-0.4, -0.2) is 23.3 Å². The number of hydrogen-bond acceptors (Lipinski definition) is 6. The maximum atomic E-state index is 12.7. The standard InChI is InChI=1S/C15H12ClF3NO7P/c1-25-28(23,24)8-26-14-7-10(3-4-12(14)20(21)22)27-13-5-2-9(6-11(13)16)15(17,18)19/h2-7H,8H2,1H3,(H,23,24). The molecule has 0 aromatic heterocycles. The molecule has 2 aromatic carbocycles. The molecule has 0 aliphatic rings. The van der Waals surface area contributed by atoms with Crippen molar-refractivity contribution in [3.8, 4) is 17.2 Å². The molecule has 0 saturated carbocycles. The molecule has 1 atom stereocenters. The van der Waals surface area contributed by atoms with Gasteiger partial charge < -0.3 is 18.9 Å². The van der Waals surface area contributed by atoms with Crippen molar-refractivity contribution in [2.45, 2.75) is 6.18 Å². The van der Waals surface area contributed by atoms with Gasteiger partial charge >= 0.3 is 19.5 Å². The van der Waals surface area contributed by atoms with Crippen LogP contribution in [0.5, 0.6) is 17.2 Å². The lowest BCUT2D eigenvalue weighted by Crippen LogP contribution is -2.04. The lowest BCUT2D eigenvalue weighted by molar-refractivity contribution is -0.385. The van der Waals surface area contributed by atoms with Crippen molar-refractivity contribution in [2.75, 3.05) is 13.5 Å². The monoisotopic (exact) mass is 441 g/mol. The van der Waals surface area contributed by atoms with Crippen LogP contribution in [0.2, 0.25) is 5.02 Å². The largest absolute Gasteiger partial charge is 0.474 e. The van der Waals surface area contributed by atoms with E-state index in [1.165, 1.54) is 0 Å². The van der Waals surface area contributed by atoms with Gasteiger partial charge in [-0.3, -0.25) is 14.7 Å². The summed E-state index contributed by atoms with van der Waals surface area (Å²) in [6.45, 7) is 0. The zero-order valence-electron chi connectivity index (χ0n) is 14.0. The fourth-order valence-corrected chi connectivity index (χ4v) is 2.54. The molecule has 2 aromatic rings. The van der Waals surface area contributed by atoms with E-state index in [9.17, 15) is 32.7 Å². The van der Waals surface area contributed by atoms with Gasteiger partial charge in [-0.1, -0.05) is 11.6 Å². The van der Waals surface area contributed by atoms with E-state index in [0.29, 0.717) is 6.07 Å². The molecule has 0 heterocycles. The van der Waals surface area contributed by atoms with Crippen LogP contribution >= 0.6 is 19.2 Å². The van der Waals surface area contributed by atoms with Crippen molar-refractivity contribution in [1.82, 2.24) is 0 Å². The van der Waals surface area contributed by atoms with E-state index in [-0.39, 0.29) is 16.5 Å². The summed E-state index contributed by atoms with van der Waals surface area (Å²) < 4.78 is 64.1. The van der Waals surface area contributed by atoms with E-state index in [0.717, 1.165) is 37.4 Å². The second-order valence-corrected chi connectivity index (χ2v) is 7.53. The molecular weight excluding hydrogens is 430 g/mol. The average Bonchev–Trinajstić information content (AvgIpc) is 2.61. The van der Waals surface area contributed by atoms with E-state index in [4.69, 9.17) is 21.1 Å². The fraction of sp³-hybridized carbons (Fsp3) is 0.200. The average molecular weight is 442 g/mol. The molecular formula is C15H12ClF3NO7P. The van der Waals surface area contributed by atoms with Crippen LogP contribution in [0.3, 0.4) is 0 Å². The Bertz CT molecular complexity index is 938. The van der Waals surface area contributed by atoms with E-state index in [1.54, 1.807) is 0 Å². The molecule has 0 amide bonds. The Morgan fingerprint density at radius 3 is 2.43 bits per heavy atom. The van der Waals surface area contributed by atoms with Crippen molar-refractivity contribution in [3.63, 3.8) is 0 Å². The van der Waals surface area contributed by atoms with Crippen LogP contribution in [-0.2, 0) is 15.3 Å². The Morgan fingerprint density at radius 2 is 1.89 bits per heavy atom. The summed E-state index contributed by atoms with van der Waals surface area (Å²) in [6, 6.07) is 5.60. The summed E-state index contributed by atoms with van der Waals surface area (Å²) in [5, 5.41) is 10.7. The first-order chi connectivity index (χ1) is 12.9. The Labute approximate surface area is 161 Å². The van der Waals surface area contributed by atoms with Crippen molar-refractivity contribution >= 4 is 24.9 Å². The van der Waals surface area contributed by atoms with Crippen LogP contribution in [0.15, 0.2) is 36.4 Å². The normalized spacial score (nSPS) is 13.6. The molecule has 1 unspecified atom stereocenters. The molecule has 0 saturated heterocycles. The highest BCUT2D eigenvalue weighted by Crippen LogP contribution is 2.43. The molecule has 13 heteroatoms. The number of nitro benzene ring substituents is 1. The first-order valence-corrected chi connectivity index (χ1v) is 9.40. The van der Waals surface area contributed by atoms with Gasteiger partial charge in [0.2, 0.25) is 5.75 Å². The van der Waals surface area contributed by atoms with Crippen molar-refractivity contribution in [2.24, 2.45) is 0 Å². The molecule has 0 fully saturated rings. The predicted molar refractivity (Wildman–Crippen MR) is 92.0 cm³/mol. The minimum atomic E-state index is -4.59. The number of ether oxygens (including phenoxy) is 2. The third-order valence-corrected chi connectivity index (χ3v) is 4.60. The van der Waals surface area contributed by atoms with Crippen LogP contribution in [0.1, 0.15) is 5.56 Å². The van der Waals surface area contributed by atoms with Gasteiger partial charge in [0.15, 0.2) is 6.35 Å². The molecule has 1 N–H and O–H groups in total. The second kappa shape index (κ2) is 8.36. The van der Waals surface area contributed by atoms with E-state index in [2.05, 4.69) is 4.52 Å². The first-order valence-electron chi connectivity index (χ1n) is 7.26. The topological polar surface area (TPSA) is 108 Å². The van der Waals surface area contributed by atoms with Gasteiger partial charge in [-0.2, -0.15) is 13.2 Å². The summed E-state index contributed by atoms with van der Waals surface area (Å²) >= 11 is 5.80. The van der Waals surface area contributed by atoms with Crippen LogP contribution in [0.25, 0.3) is 0 Å². The number of hydrogen-bond donors (Lipinski definition) is 1. The summed E-state index contributed by atoms with van der Waals surface area (Å²) in [7, 11) is -3.15. The minimum absolute atomic E-state index is 0.0625. The number of rotatable bonds is 7. The quantitative estimate of drug-likeness (QED) is 0.356. The third-order valence-electron chi connectivity index (χ3n) is 3.28. The first kappa shape index (κ1) is 22.0. The van der Waals surface area contributed by atoms with Gasteiger partial charge in [0.1, 0.15) is 11.5 Å². The number of nitrogens with zero attached hydrogens (tertiary/aromatic N) is 1. The van der Waals surface area contributed by atoms with Gasteiger partial charge in [-0.05, 0) is 24.3 Å². The number of halogens is 4. The van der Waals surface area contributed by atoms with Crippen LogP contribution in [0.4, 0.5) is 18.9 Å². The van der Waals surface area contributed by atoms with Crippen molar-refractivity contribution < 1.29 is 41.6 Å². The number of alkyl halides is 3. The lowest BCUT2D eigenvalue weighted by Gasteiger charge is -2.13. The lowest BCUT2D eigenvalue weighted by atomic mass is 10.2. The molecule has 2 rings (SSSR count). The highest BCUT2D eigenvalue weighted by molar-refractivity contribution is 7.52. The SMILES string of the molecule is COP(=O)(O)COc1cc(Oc2ccc(C(F)(F)F)cc2Cl)ccc1[N+](=O)[O-]. The molecule has 152 valence electrons. The molecule has 8 nitrogen and oxygen atoms in total. The second-order valence-electron chi connectivity index (χ2n) is 5.23. The molecule has 0 radical (unpaired) electrons. The van der Waals surface area contributed by atoms with Gasteiger partial charge in [0, 0.05) is 19.2 Å². The summed E-state index contributed by atoms with van der Waals surface area (Å²) in [6.07, 6.45) is -5.45. The smallest absolute Gasteiger partial charge is 0.416 e. The maximum Gasteiger partial charge on any atom is 0.416 e. The third kappa shape index (κ3) is 5.59. The zero-order valence-corrected chi connectivity index (χ0v) is 15.6. The molecule has 0 bridgehead atoms. The zero-order chi connectivity index (χ0) is 21.1. The fourth-order valence-electron chi connectivity index (χ4n) is 1.92. The Balaban J connectivity index is 2.30. The highest BCUT2D eigenvalue weighted by atomic mass is 35.5. The molecule has 0 aliphatic heterocycles. The Morgan fingerprint density at radius 1 is 1.21 bits per heavy atom. The summed E-state index contributed by atoms with van der Waals surface area (Å²) in [4.78, 5) is 19.6.